The van der Waals surface area contributed by atoms with Gasteiger partial charge in [0.2, 0.25) is 5.91 Å². The molecular weight excluding hydrogens is 476 g/mol. The highest BCUT2D eigenvalue weighted by Gasteiger charge is 2.16. The molecular formula is C23H22N4O3S3. The number of aryl methyl sites for hydroxylation is 2. The Labute approximate surface area is 202 Å². The molecule has 3 aromatic heterocycles. The van der Waals surface area contributed by atoms with Gasteiger partial charge in [0, 0.05) is 11.4 Å². The largest absolute Gasteiger partial charge is 0.287 e. The summed E-state index contributed by atoms with van der Waals surface area (Å²) >= 11 is 3.97. The number of aromatic nitrogens is 2. The first-order chi connectivity index (χ1) is 16.0. The van der Waals surface area contributed by atoms with Gasteiger partial charge in [0.15, 0.2) is 5.16 Å². The van der Waals surface area contributed by atoms with E-state index in [0.717, 1.165) is 16.9 Å². The van der Waals surface area contributed by atoms with Crippen LogP contribution in [0.1, 0.15) is 27.0 Å². The highest BCUT2D eigenvalue weighted by Crippen LogP contribution is 2.25. The number of hydrazine groups is 1. The number of fused-ring (bicyclic) bond motifs is 1. The molecule has 4 rings (SSSR count). The van der Waals surface area contributed by atoms with Crippen molar-refractivity contribution in [3.63, 3.8) is 0 Å². The molecule has 7 nitrogen and oxygen atoms in total. The lowest BCUT2D eigenvalue weighted by molar-refractivity contribution is -0.119. The Morgan fingerprint density at radius 1 is 1.12 bits per heavy atom. The Bertz CT molecular complexity index is 1310. The smallest absolute Gasteiger partial charge is 0.279 e. The Kier molecular flexibility index (Phi) is 7.58. The van der Waals surface area contributed by atoms with E-state index < -0.39 is 0 Å². The van der Waals surface area contributed by atoms with E-state index in [9.17, 15) is 14.4 Å². The van der Waals surface area contributed by atoms with Crippen molar-refractivity contribution in [1.82, 2.24) is 20.4 Å². The Morgan fingerprint density at radius 3 is 2.67 bits per heavy atom. The monoisotopic (exact) mass is 498 g/mol. The summed E-state index contributed by atoms with van der Waals surface area (Å²) in [6, 6.07) is 15.3. The first-order valence-electron chi connectivity index (χ1n) is 10.4. The molecule has 0 saturated carbocycles. The van der Waals surface area contributed by atoms with Crippen LogP contribution >= 0.6 is 34.4 Å². The SMILES string of the molecule is CCc1cc2c(=O)n(CCc3ccccc3)c(SCC(=O)NNC(=O)c3cccs3)nc2s1. The summed E-state index contributed by atoms with van der Waals surface area (Å²) in [7, 11) is 0. The topological polar surface area (TPSA) is 93.1 Å². The fraction of sp³-hybridized carbons (Fsp3) is 0.217. The van der Waals surface area contributed by atoms with Crippen LogP contribution in [-0.2, 0) is 24.2 Å². The molecule has 0 aliphatic carbocycles. The molecule has 2 amide bonds. The molecule has 0 radical (unpaired) electrons. The first-order valence-corrected chi connectivity index (χ1v) is 13.1. The van der Waals surface area contributed by atoms with Gasteiger partial charge in [0.05, 0.1) is 16.0 Å². The summed E-state index contributed by atoms with van der Waals surface area (Å²) < 4.78 is 1.64. The first kappa shape index (κ1) is 23.2. The minimum atomic E-state index is -0.380. The van der Waals surface area contributed by atoms with E-state index in [0.29, 0.717) is 33.2 Å². The van der Waals surface area contributed by atoms with Crippen LogP contribution in [0.4, 0.5) is 0 Å². The molecule has 0 spiro atoms. The van der Waals surface area contributed by atoms with E-state index in [-0.39, 0.29) is 23.1 Å². The van der Waals surface area contributed by atoms with Gasteiger partial charge in [-0.25, -0.2) is 4.98 Å². The zero-order valence-corrected chi connectivity index (χ0v) is 20.3. The third kappa shape index (κ3) is 5.70. The average Bonchev–Trinajstić information content (AvgIpc) is 3.51. The number of nitrogens with zero attached hydrogens (tertiary/aromatic N) is 2. The van der Waals surface area contributed by atoms with E-state index in [1.165, 1.54) is 34.4 Å². The van der Waals surface area contributed by atoms with Crippen LogP contribution in [0.5, 0.6) is 0 Å². The van der Waals surface area contributed by atoms with Crippen LogP contribution in [-0.4, -0.2) is 27.1 Å². The van der Waals surface area contributed by atoms with Gasteiger partial charge >= 0.3 is 0 Å². The Hall–Kier alpha value is -2.95. The molecule has 0 fully saturated rings. The molecule has 10 heteroatoms. The summed E-state index contributed by atoms with van der Waals surface area (Å²) in [6.45, 7) is 2.51. The zero-order valence-electron chi connectivity index (χ0n) is 17.9. The number of hydrogen-bond donors (Lipinski definition) is 2. The van der Waals surface area contributed by atoms with Gasteiger partial charge in [-0.1, -0.05) is 55.1 Å². The van der Waals surface area contributed by atoms with Crippen molar-refractivity contribution in [2.45, 2.75) is 31.5 Å². The molecule has 3 heterocycles. The van der Waals surface area contributed by atoms with Crippen molar-refractivity contribution in [1.29, 1.82) is 0 Å². The van der Waals surface area contributed by atoms with Crippen molar-refractivity contribution >= 4 is 56.5 Å². The third-order valence-electron chi connectivity index (χ3n) is 4.88. The molecule has 0 bridgehead atoms. The number of amides is 2. The lowest BCUT2D eigenvalue weighted by Gasteiger charge is -2.12. The number of hydrogen-bond acceptors (Lipinski definition) is 7. The van der Waals surface area contributed by atoms with Crippen LogP contribution in [0.15, 0.2) is 63.9 Å². The summed E-state index contributed by atoms with van der Waals surface area (Å²) in [5.41, 5.74) is 5.85. The number of benzene rings is 1. The lowest BCUT2D eigenvalue weighted by Crippen LogP contribution is -2.42. The van der Waals surface area contributed by atoms with Gasteiger partial charge in [0.25, 0.3) is 11.5 Å². The van der Waals surface area contributed by atoms with Crippen molar-refractivity contribution in [3.8, 4) is 0 Å². The predicted octanol–water partition coefficient (Wildman–Crippen LogP) is 3.88. The van der Waals surface area contributed by atoms with Crippen LogP contribution < -0.4 is 16.4 Å². The maximum atomic E-state index is 13.3. The zero-order chi connectivity index (χ0) is 23.2. The van der Waals surface area contributed by atoms with Gasteiger partial charge in [-0.3, -0.25) is 29.8 Å². The Balaban J connectivity index is 1.50. The normalized spacial score (nSPS) is 10.9. The second kappa shape index (κ2) is 10.8. The van der Waals surface area contributed by atoms with Gasteiger partial charge in [-0.05, 0) is 35.9 Å². The van der Waals surface area contributed by atoms with Crippen molar-refractivity contribution < 1.29 is 9.59 Å². The molecule has 1 aromatic carbocycles. The van der Waals surface area contributed by atoms with E-state index in [1.54, 1.807) is 22.1 Å². The third-order valence-corrected chi connectivity index (χ3v) is 7.89. The predicted molar refractivity (Wildman–Crippen MR) is 134 cm³/mol. The van der Waals surface area contributed by atoms with Crippen molar-refractivity contribution in [2.24, 2.45) is 0 Å². The molecule has 0 aliphatic rings. The molecule has 0 aliphatic heterocycles. The van der Waals surface area contributed by atoms with Crippen LogP contribution in [0, 0.1) is 0 Å². The summed E-state index contributed by atoms with van der Waals surface area (Å²) in [5, 5.41) is 2.90. The molecule has 2 N–H and O–H groups in total. The molecule has 0 saturated heterocycles. The summed E-state index contributed by atoms with van der Waals surface area (Å²) in [4.78, 5) is 44.6. The summed E-state index contributed by atoms with van der Waals surface area (Å²) in [6.07, 6.45) is 1.51. The minimum Gasteiger partial charge on any atom is -0.287 e. The van der Waals surface area contributed by atoms with E-state index in [2.05, 4.69) is 10.9 Å². The van der Waals surface area contributed by atoms with Gasteiger partial charge < -0.3 is 0 Å². The maximum absolute atomic E-state index is 13.3. The molecule has 0 unspecified atom stereocenters. The van der Waals surface area contributed by atoms with E-state index in [4.69, 9.17) is 4.98 Å². The number of thiophene rings is 2. The van der Waals surface area contributed by atoms with Crippen LogP contribution in [0.25, 0.3) is 10.2 Å². The van der Waals surface area contributed by atoms with Crippen molar-refractivity contribution in [3.05, 3.63) is 79.6 Å². The van der Waals surface area contributed by atoms with Crippen LogP contribution in [0.2, 0.25) is 0 Å². The van der Waals surface area contributed by atoms with Gasteiger partial charge in [0.1, 0.15) is 4.83 Å². The van der Waals surface area contributed by atoms with Gasteiger partial charge in [-0.2, -0.15) is 0 Å². The fourth-order valence-corrected chi connectivity index (χ4v) is 5.63. The highest BCUT2D eigenvalue weighted by atomic mass is 32.2. The fourth-order valence-electron chi connectivity index (χ4n) is 3.18. The second-order valence-electron chi connectivity index (χ2n) is 7.14. The van der Waals surface area contributed by atoms with Crippen LogP contribution in [0.3, 0.4) is 0 Å². The molecule has 33 heavy (non-hydrogen) atoms. The lowest BCUT2D eigenvalue weighted by atomic mass is 10.1. The molecule has 0 atom stereocenters. The molecule has 4 aromatic rings. The standard InChI is InChI=1S/C23H22N4O3S3/c1-2-16-13-17-21(33-16)24-23(27(22(17)30)11-10-15-7-4-3-5-8-15)32-14-19(28)25-26-20(29)18-9-6-12-31-18/h3-9,12-13H,2,10-11,14H2,1H3,(H,25,28)(H,26,29). The average molecular weight is 499 g/mol. The molecule has 170 valence electrons. The second-order valence-corrected chi connectivity index (χ2v) is 10.1. The van der Waals surface area contributed by atoms with Gasteiger partial charge in [-0.15, -0.1) is 22.7 Å². The minimum absolute atomic E-state index is 0.0139. The van der Waals surface area contributed by atoms with Crippen molar-refractivity contribution in [2.75, 3.05) is 5.75 Å². The maximum Gasteiger partial charge on any atom is 0.279 e. The van der Waals surface area contributed by atoms with E-state index in [1.807, 2.05) is 43.3 Å². The Morgan fingerprint density at radius 2 is 1.94 bits per heavy atom. The number of carbonyl (C=O) groups is 2. The summed E-state index contributed by atoms with van der Waals surface area (Å²) in [5.74, 6) is -0.734. The van der Waals surface area contributed by atoms with E-state index >= 15 is 0 Å². The quantitative estimate of drug-likeness (QED) is 0.219. The number of carbonyl (C=O) groups excluding carboxylic acids is 2. The highest BCUT2D eigenvalue weighted by molar-refractivity contribution is 7.99. The number of thioether (sulfide) groups is 1. The number of rotatable bonds is 8. The number of nitrogens with one attached hydrogen (secondary N) is 2.